The summed E-state index contributed by atoms with van der Waals surface area (Å²) in [5.74, 6) is 0.183. The lowest BCUT2D eigenvalue weighted by Gasteiger charge is -2.08. The van der Waals surface area contributed by atoms with E-state index in [4.69, 9.17) is 5.11 Å². The van der Waals surface area contributed by atoms with Gasteiger partial charge in [-0.2, -0.15) is 4.98 Å². The molecule has 0 aliphatic rings. The highest BCUT2D eigenvalue weighted by atomic mass is 16.5. The fourth-order valence-electron chi connectivity index (χ4n) is 0.398. The molecule has 1 N–H and O–H groups in total. The zero-order chi connectivity index (χ0) is 6.91. The third kappa shape index (κ3) is 1.26. The van der Waals surface area contributed by atoms with Gasteiger partial charge in [-0.3, -0.25) is 0 Å². The van der Waals surface area contributed by atoms with Gasteiger partial charge in [0.25, 0.3) is 5.89 Å². The van der Waals surface area contributed by atoms with Crippen LogP contribution in [0.1, 0.15) is 19.7 Å². The molecule has 1 aromatic rings. The molecule has 0 bridgehead atoms. The molecule has 1 aromatic heterocycles. The van der Waals surface area contributed by atoms with Crippen molar-refractivity contribution in [3.05, 3.63) is 12.2 Å². The minimum absolute atomic E-state index is 0.183. The average molecular weight is 127 g/mol. The molecule has 0 aromatic carbocycles. The van der Waals surface area contributed by atoms with E-state index in [9.17, 15) is 0 Å². The van der Waals surface area contributed by atoms with Gasteiger partial charge in [0.1, 0.15) is 5.60 Å². The molecule has 4 nitrogen and oxygen atoms in total. The van der Waals surface area contributed by atoms with E-state index in [0.29, 0.717) is 0 Å². The predicted octanol–water partition coefficient (Wildman–Crippen LogP) is 0.0972. The summed E-state index contributed by atoms with van der Waals surface area (Å²) in [6.45, 7) is 3.13. The minimum Gasteiger partial charge on any atom is -0.381 e. The SMILES string of the molecule is CC(C)(O)c1n[c]no1. The van der Waals surface area contributed by atoms with Gasteiger partial charge in [0, 0.05) is 0 Å². The van der Waals surface area contributed by atoms with Crippen molar-refractivity contribution < 1.29 is 9.63 Å². The number of hydrogen-bond donors (Lipinski definition) is 1. The molecule has 4 heteroatoms. The molecule has 1 rings (SSSR count). The van der Waals surface area contributed by atoms with Gasteiger partial charge in [0.2, 0.25) is 6.33 Å². The molecule has 0 aliphatic heterocycles. The Morgan fingerprint density at radius 2 is 2.33 bits per heavy atom. The van der Waals surface area contributed by atoms with Crippen LogP contribution in [-0.2, 0) is 5.60 Å². The molecule has 49 valence electrons. The molecule has 0 saturated carbocycles. The summed E-state index contributed by atoms with van der Waals surface area (Å²) in [6, 6.07) is 0. The molecule has 0 spiro atoms. The Labute approximate surface area is 52.5 Å². The smallest absolute Gasteiger partial charge is 0.258 e. The van der Waals surface area contributed by atoms with E-state index >= 15 is 0 Å². The van der Waals surface area contributed by atoms with Crippen LogP contribution in [0.25, 0.3) is 0 Å². The van der Waals surface area contributed by atoms with Gasteiger partial charge >= 0.3 is 0 Å². The minimum atomic E-state index is -1.05. The zero-order valence-electron chi connectivity index (χ0n) is 5.25. The van der Waals surface area contributed by atoms with Gasteiger partial charge in [-0.1, -0.05) is 5.16 Å². The summed E-state index contributed by atoms with van der Waals surface area (Å²) in [4.78, 5) is 3.53. The molecule has 1 heterocycles. The molecule has 0 atom stereocenters. The maximum Gasteiger partial charge on any atom is 0.258 e. The van der Waals surface area contributed by atoms with E-state index < -0.39 is 5.60 Å². The molecular weight excluding hydrogens is 120 g/mol. The Morgan fingerprint density at radius 1 is 1.67 bits per heavy atom. The summed E-state index contributed by atoms with van der Waals surface area (Å²) in [6.07, 6.45) is 2.21. The van der Waals surface area contributed by atoms with E-state index in [-0.39, 0.29) is 5.89 Å². The van der Waals surface area contributed by atoms with Crippen LogP contribution in [0, 0.1) is 6.33 Å². The number of rotatable bonds is 1. The van der Waals surface area contributed by atoms with Gasteiger partial charge in [-0.15, -0.1) is 0 Å². The first-order valence-electron chi connectivity index (χ1n) is 2.53. The van der Waals surface area contributed by atoms with Crippen molar-refractivity contribution in [3.63, 3.8) is 0 Å². The van der Waals surface area contributed by atoms with Crippen molar-refractivity contribution in [2.24, 2.45) is 0 Å². The summed E-state index contributed by atoms with van der Waals surface area (Å²) in [7, 11) is 0. The number of nitrogens with zero attached hydrogens (tertiary/aromatic N) is 2. The Kier molecular flexibility index (Phi) is 1.25. The Bertz CT molecular complexity index is 175. The first kappa shape index (κ1) is 6.22. The Hall–Kier alpha value is -0.900. The first-order chi connectivity index (χ1) is 4.11. The van der Waals surface area contributed by atoms with E-state index in [1.165, 1.54) is 0 Å². The fourth-order valence-corrected chi connectivity index (χ4v) is 0.398. The topological polar surface area (TPSA) is 59.2 Å². The van der Waals surface area contributed by atoms with Gasteiger partial charge in [0.05, 0.1) is 0 Å². The lowest BCUT2D eigenvalue weighted by atomic mass is 10.1. The van der Waals surface area contributed by atoms with Crippen LogP contribution in [0.3, 0.4) is 0 Å². The van der Waals surface area contributed by atoms with Crippen molar-refractivity contribution in [1.82, 2.24) is 10.1 Å². The van der Waals surface area contributed by atoms with Crippen LogP contribution in [0.4, 0.5) is 0 Å². The molecule has 9 heavy (non-hydrogen) atoms. The largest absolute Gasteiger partial charge is 0.381 e. The second-order valence-corrected chi connectivity index (χ2v) is 2.26. The van der Waals surface area contributed by atoms with Gasteiger partial charge in [-0.25, -0.2) is 0 Å². The molecule has 0 saturated heterocycles. The van der Waals surface area contributed by atoms with E-state index in [1.807, 2.05) is 0 Å². The number of aromatic nitrogens is 2. The molecule has 1 radical (unpaired) electrons. The second-order valence-electron chi connectivity index (χ2n) is 2.26. The maximum atomic E-state index is 9.16. The summed E-state index contributed by atoms with van der Waals surface area (Å²) in [5.41, 5.74) is -1.05. The van der Waals surface area contributed by atoms with Crippen LogP contribution in [0.2, 0.25) is 0 Å². The monoisotopic (exact) mass is 127 g/mol. The van der Waals surface area contributed by atoms with Crippen molar-refractivity contribution in [2.45, 2.75) is 19.4 Å². The lowest BCUT2D eigenvalue weighted by molar-refractivity contribution is 0.0420. The van der Waals surface area contributed by atoms with Crippen LogP contribution >= 0.6 is 0 Å². The Balaban J connectivity index is 2.90. The van der Waals surface area contributed by atoms with Crippen LogP contribution in [0.15, 0.2) is 4.52 Å². The van der Waals surface area contributed by atoms with E-state index in [2.05, 4.69) is 21.0 Å². The van der Waals surface area contributed by atoms with Crippen molar-refractivity contribution in [2.75, 3.05) is 0 Å². The first-order valence-corrected chi connectivity index (χ1v) is 2.53. The quantitative estimate of drug-likeness (QED) is 0.581. The van der Waals surface area contributed by atoms with Gasteiger partial charge in [-0.05, 0) is 13.8 Å². The summed E-state index contributed by atoms with van der Waals surface area (Å²) >= 11 is 0. The summed E-state index contributed by atoms with van der Waals surface area (Å²) < 4.78 is 4.53. The molecule has 0 unspecified atom stereocenters. The van der Waals surface area contributed by atoms with E-state index in [1.54, 1.807) is 13.8 Å². The normalized spacial score (nSPS) is 11.9. The third-order valence-corrected chi connectivity index (χ3v) is 0.848. The molecule has 0 fully saturated rings. The van der Waals surface area contributed by atoms with Crippen molar-refractivity contribution in [1.29, 1.82) is 0 Å². The Morgan fingerprint density at radius 3 is 2.56 bits per heavy atom. The van der Waals surface area contributed by atoms with E-state index in [0.717, 1.165) is 0 Å². The molecule has 0 aliphatic carbocycles. The highest BCUT2D eigenvalue weighted by Gasteiger charge is 2.21. The fraction of sp³-hybridized carbons (Fsp3) is 0.600. The van der Waals surface area contributed by atoms with Gasteiger partial charge < -0.3 is 9.63 Å². The second kappa shape index (κ2) is 1.80. The predicted molar refractivity (Wildman–Crippen MR) is 28.4 cm³/mol. The van der Waals surface area contributed by atoms with Crippen LogP contribution in [-0.4, -0.2) is 15.2 Å². The number of hydrogen-bond acceptors (Lipinski definition) is 4. The zero-order valence-corrected chi connectivity index (χ0v) is 5.25. The van der Waals surface area contributed by atoms with Crippen LogP contribution < -0.4 is 0 Å². The van der Waals surface area contributed by atoms with Gasteiger partial charge in [0.15, 0.2) is 0 Å². The van der Waals surface area contributed by atoms with Crippen LogP contribution in [0.5, 0.6) is 0 Å². The van der Waals surface area contributed by atoms with Crippen molar-refractivity contribution >= 4 is 0 Å². The maximum absolute atomic E-state index is 9.16. The number of aliphatic hydroxyl groups is 1. The molecular formula is C5H7N2O2. The van der Waals surface area contributed by atoms with Crippen molar-refractivity contribution in [3.8, 4) is 0 Å². The average Bonchev–Trinajstić information content (AvgIpc) is 2.08. The lowest BCUT2D eigenvalue weighted by Crippen LogP contribution is -2.15. The highest BCUT2D eigenvalue weighted by Crippen LogP contribution is 2.14. The third-order valence-electron chi connectivity index (χ3n) is 0.848. The standard InChI is InChI=1S/C5H7N2O2/c1-5(2,8)4-6-3-7-9-4/h8H,1-2H3. The molecule has 0 amide bonds. The summed E-state index contributed by atoms with van der Waals surface area (Å²) in [5, 5.41) is 12.4. The highest BCUT2D eigenvalue weighted by molar-refractivity contribution is 4.87.